The molecule has 1 aromatic rings. The summed E-state index contributed by atoms with van der Waals surface area (Å²) in [5.41, 5.74) is 3.31. The molecule has 2 heterocycles. The van der Waals surface area contributed by atoms with Crippen molar-refractivity contribution in [3.8, 4) is 0 Å². The molecule has 2 atom stereocenters. The lowest BCUT2D eigenvalue weighted by Gasteiger charge is -2.39. The minimum Gasteiger partial charge on any atom is -0.368 e. The van der Waals surface area contributed by atoms with E-state index in [4.69, 9.17) is 0 Å². The van der Waals surface area contributed by atoms with Gasteiger partial charge in [-0.05, 0) is 49.7 Å². The molecule has 2 N–H and O–H groups in total. The number of nitrogens with one attached hydrogen (secondary N) is 2. The summed E-state index contributed by atoms with van der Waals surface area (Å²) in [6, 6.07) is 6.89. The van der Waals surface area contributed by atoms with Gasteiger partial charge in [0.2, 0.25) is 0 Å². The first kappa shape index (κ1) is 23.2. The fourth-order valence-corrected chi connectivity index (χ4v) is 3.97. The second kappa shape index (κ2) is 11.1. The van der Waals surface area contributed by atoms with Crippen LogP contribution in [-0.2, 0) is 4.79 Å². The number of carbonyl (C=O) groups is 2. The topological polar surface area (TPSA) is 61.4 Å². The summed E-state index contributed by atoms with van der Waals surface area (Å²) in [4.78, 5) is 26.0. The Labute approximate surface area is 168 Å². The molecule has 2 aliphatic rings. The van der Waals surface area contributed by atoms with Crippen molar-refractivity contribution in [3.05, 3.63) is 34.2 Å². The van der Waals surface area contributed by atoms with E-state index < -0.39 is 0 Å². The highest BCUT2D eigenvalue weighted by molar-refractivity contribution is 8.18. The van der Waals surface area contributed by atoms with Crippen LogP contribution in [0.25, 0.3) is 6.08 Å². The maximum Gasteiger partial charge on any atom is 0.290 e. The molecule has 0 spiro atoms. The molecule has 0 aliphatic carbocycles. The van der Waals surface area contributed by atoms with Gasteiger partial charge < -0.3 is 10.2 Å². The first-order chi connectivity index (χ1) is 12.9. The van der Waals surface area contributed by atoms with Crippen molar-refractivity contribution in [2.45, 2.75) is 60.5 Å². The Morgan fingerprint density at radius 3 is 2.19 bits per heavy atom. The third-order valence-corrected chi connectivity index (χ3v) is 4.88. The number of hydrogen-bond acceptors (Lipinski definition) is 5. The number of carbonyl (C=O) groups excluding carboxylic acids is 2. The van der Waals surface area contributed by atoms with E-state index in [0.717, 1.165) is 36.1 Å². The number of nitrogens with zero attached hydrogens (tertiary/aromatic N) is 1. The van der Waals surface area contributed by atoms with Crippen LogP contribution in [0.5, 0.6) is 0 Å². The lowest BCUT2D eigenvalue weighted by atomic mass is 10.0. The smallest absolute Gasteiger partial charge is 0.290 e. The van der Waals surface area contributed by atoms with Crippen LogP contribution in [0.4, 0.5) is 10.5 Å². The molecule has 5 nitrogen and oxygen atoms in total. The summed E-state index contributed by atoms with van der Waals surface area (Å²) < 4.78 is 0. The number of hydrogen-bond donors (Lipinski definition) is 2. The van der Waals surface area contributed by atoms with Crippen LogP contribution in [0.2, 0.25) is 0 Å². The molecule has 150 valence electrons. The SMILES string of the molecule is CC.CC.Cc1cccc(/C=C2\SC(=O)NC2=O)c1N1C[C@@H](C)N[C@@H](C)C1. The fraction of sp³-hybridized carbons (Fsp3) is 0.524. The molecule has 0 saturated carbocycles. The molecule has 6 heteroatoms. The molecule has 2 fully saturated rings. The highest BCUT2D eigenvalue weighted by Crippen LogP contribution is 2.32. The molecular weight excluding hydrogens is 358 g/mol. The second-order valence-corrected chi connectivity index (χ2v) is 7.25. The van der Waals surface area contributed by atoms with Crippen LogP contribution >= 0.6 is 11.8 Å². The van der Waals surface area contributed by atoms with Gasteiger partial charge in [0.15, 0.2) is 0 Å². The van der Waals surface area contributed by atoms with Gasteiger partial charge in [-0.1, -0.05) is 45.9 Å². The Morgan fingerprint density at radius 1 is 1.07 bits per heavy atom. The van der Waals surface area contributed by atoms with E-state index in [9.17, 15) is 9.59 Å². The molecule has 0 bridgehead atoms. The van der Waals surface area contributed by atoms with Crippen LogP contribution in [-0.4, -0.2) is 36.3 Å². The third kappa shape index (κ3) is 6.11. The molecule has 1 aromatic carbocycles. The van der Waals surface area contributed by atoms with Crippen molar-refractivity contribution in [2.24, 2.45) is 0 Å². The minimum atomic E-state index is -0.311. The van der Waals surface area contributed by atoms with Crippen molar-refractivity contribution in [1.29, 1.82) is 0 Å². The number of amides is 2. The van der Waals surface area contributed by atoms with Crippen LogP contribution in [0.3, 0.4) is 0 Å². The van der Waals surface area contributed by atoms with Gasteiger partial charge in [0.25, 0.3) is 11.1 Å². The zero-order valence-electron chi connectivity index (χ0n) is 17.6. The molecule has 27 heavy (non-hydrogen) atoms. The molecular formula is C21H33N3O2S. The quantitative estimate of drug-likeness (QED) is 0.724. The summed E-state index contributed by atoms with van der Waals surface area (Å²) in [5, 5.41) is 5.54. The third-order valence-electron chi connectivity index (χ3n) is 4.07. The van der Waals surface area contributed by atoms with Gasteiger partial charge in [-0.3, -0.25) is 14.9 Å². The molecule has 0 aromatic heterocycles. The molecule has 0 unspecified atom stereocenters. The van der Waals surface area contributed by atoms with Crippen molar-refractivity contribution in [1.82, 2.24) is 10.6 Å². The predicted octanol–water partition coefficient (Wildman–Crippen LogP) is 4.56. The zero-order chi connectivity index (χ0) is 20.6. The van der Waals surface area contributed by atoms with E-state index in [0.29, 0.717) is 17.0 Å². The molecule has 2 saturated heterocycles. The van der Waals surface area contributed by atoms with E-state index in [1.54, 1.807) is 0 Å². The summed E-state index contributed by atoms with van der Waals surface area (Å²) in [6.07, 6.45) is 1.82. The number of anilines is 1. The van der Waals surface area contributed by atoms with Crippen LogP contribution in [0.1, 0.15) is 52.7 Å². The molecule has 2 amide bonds. The number of imide groups is 1. The van der Waals surface area contributed by atoms with Gasteiger partial charge in [0, 0.05) is 30.9 Å². The number of benzene rings is 1. The average Bonchev–Trinajstić information content (AvgIpc) is 2.95. The maximum atomic E-state index is 11.8. The number of piperazine rings is 1. The Kier molecular flexibility index (Phi) is 9.60. The summed E-state index contributed by atoms with van der Waals surface area (Å²) in [7, 11) is 0. The van der Waals surface area contributed by atoms with Crippen LogP contribution in [0.15, 0.2) is 23.1 Å². The first-order valence-electron chi connectivity index (χ1n) is 9.79. The number of para-hydroxylation sites is 1. The van der Waals surface area contributed by atoms with E-state index in [-0.39, 0.29) is 11.1 Å². The second-order valence-electron chi connectivity index (χ2n) is 6.24. The Hall–Kier alpha value is -1.79. The summed E-state index contributed by atoms with van der Waals surface area (Å²) >= 11 is 0.961. The van der Waals surface area contributed by atoms with Gasteiger partial charge >= 0.3 is 0 Å². The first-order valence-corrected chi connectivity index (χ1v) is 10.6. The fourth-order valence-electron chi connectivity index (χ4n) is 3.30. The van der Waals surface area contributed by atoms with Gasteiger partial charge in [-0.2, -0.15) is 0 Å². The normalized spacial score (nSPS) is 23.2. The minimum absolute atomic E-state index is 0.306. The zero-order valence-corrected chi connectivity index (χ0v) is 18.4. The highest BCUT2D eigenvalue weighted by Gasteiger charge is 2.27. The molecule has 2 aliphatic heterocycles. The largest absolute Gasteiger partial charge is 0.368 e. The van der Waals surface area contributed by atoms with Gasteiger partial charge in [0.1, 0.15) is 0 Å². The van der Waals surface area contributed by atoms with E-state index in [2.05, 4.69) is 42.4 Å². The van der Waals surface area contributed by atoms with Gasteiger partial charge in [-0.25, -0.2) is 0 Å². The maximum absolute atomic E-state index is 11.8. The van der Waals surface area contributed by atoms with Gasteiger partial charge in [-0.15, -0.1) is 0 Å². The number of aryl methyl sites for hydroxylation is 1. The van der Waals surface area contributed by atoms with Crippen molar-refractivity contribution in [3.63, 3.8) is 0 Å². The van der Waals surface area contributed by atoms with Crippen molar-refractivity contribution >= 4 is 34.7 Å². The number of thioether (sulfide) groups is 1. The van der Waals surface area contributed by atoms with E-state index >= 15 is 0 Å². The summed E-state index contributed by atoms with van der Waals surface area (Å²) in [6.45, 7) is 16.3. The van der Waals surface area contributed by atoms with Crippen molar-refractivity contribution < 1.29 is 9.59 Å². The Balaban J connectivity index is 0.000000855. The molecule has 3 rings (SSSR count). The number of rotatable bonds is 2. The van der Waals surface area contributed by atoms with E-state index in [1.807, 2.05) is 45.9 Å². The van der Waals surface area contributed by atoms with Gasteiger partial charge in [0.05, 0.1) is 4.91 Å². The lowest BCUT2D eigenvalue weighted by Crippen LogP contribution is -2.54. The Bertz CT molecular complexity index is 678. The highest BCUT2D eigenvalue weighted by atomic mass is 32.2. The van der Waals surface area contributed by atoms with E-state index in [1.165, 1.54) is 5.56 Å². The predicted molar refractivity (Wildman–Crippen MR) is 117 cm³/mol. The van der Waals surface area contributed by atoms with Crippen LogP contribution < -0.4 is 15.5 Å². The monoisotopic (exact) mass is 391 g/mol. The standard InChI is InChI=1S/C17H21N3O2S.2C2H6/c1-10-5-4-6-13(7-14-16(21)19-17(22)23-14)15(10)20-8-11(2)18-12(3)9-20;2*1-2/h4-7,11-12,18H,8-9H2,1-3H3,(H,19,21,22);2*1-2H3/b14-7-;;/t11-,12+;;. The van der Waals surface area contributed by atoms with Crippen LogP contribution in [0, 0.1) is 6.92 Å². The average molecular weight is 392 g/mol. The van der Waals surface area contributed by atoms with Crippen molar-refractivity contribution in [2.75, 3.05) is 18.0 Å². The lowest BCUT2D eigenvalue weighted by molar-refractivity contribution is -0.115. The summed E-state index contributed by atoms with van der Waals surface area (Å²) in [5.74, 6) is -0.311. The molecule has 0 radical (unpaired) electrons. The Morgan fingerprint density at radius 2 is 1.67 bits per heavy atom.